The van der Waals surface area contributed by atoms with Crippen LogP contribution < -0.4 is 15.5 Å². The second kappa shape index (κ2) is 7.58. The number of nitrogens with zero attached hydrogens (tertiary/aromatic N) is 2. The highest BCUT2D eigenvalue weighted by atomic mass is 16.2. The summed E-state index contributed by atoms with van der Waals surface area (Å²) in [6.07, 6.45) is 2.43. The van der Waals surface area contributed by atoms with Crippen LogP contribution in [0.2, 0.25) is 0 Å². The summed E-state index contributed by atoms with van der Waals surface area (Å²) in [7, 11) is 0. The van der Waals surface area contributed by atoms with Gasteiger partial charge in [-0.05, 0) is 48.2 Å². The number of piperazine rings is 1. The minimum atomic E-state index is -0.661. The summed E-state index contributed by atoms with van der Waals surface area (Å²) in [5.41, 5.74) is 4.91. The summed E-state index contributed by atoms with van der Waals surface area (Å²) in [4.78, 5) is 20.0. The first-order valence-corrected chi connectivity index (χ1v) is 10.6. The van der Waals surface area contributed by atoms with Crippen LogP contribution in [0.3, 0.4) is 0 Å². The molecule has 152 valence electrons. The van der Waals surface area contributed by atoms with E-state index in [2.05, 4.69) is 56.9 Å². The Labute approximate surface area is 177 Å². The zero-order valence-corrected chi connectivity index (χ0v) is 17.2. The lowest BCUT2D eigenvalue weighted by Gasteiger charge is -2.30. The molecule has 2 aromatic carbocycles. The summed E-state index contributed by atoms with van der Waals surface area (Å²) in [6, 6.07) is 20.9. The topological polar surface area (TPSA) is 57.3 Å². The van der Waals surface area contributed by atoms with Crippen molar-refractivity contribution >= 4 is 17.4 Å². The van der Waals surface area contributed by atoms with Crippen LogP contribution >= 0.6 is 0 Å². The molecule has 0 aliphatic carbocycles. The number of anilines is 2. The number of nitrogens with one attached hydrogen (secondary N) is 2. The maximum Gasteiger partial charge on any atom is 0.236 e. The SMILES string of the molecule is CC1(Cc2ccccc2)C(=O)Nc2nccc(-c3cccc(N4CCNCC4)c3)c21. The molecule has 3 heterocycles. The molecule has 1 saturated heterocycles. The predicted molar refractivity (Wildman–Crippen MR) is 121 cm³/mol. The van der Waals surface area contributed by atoms with E-state index in [9.17, 15) is 4.79 Å². The number of carbonyl (C=O) groups is 1. The Morgan fingerprint density at radius 3 is 2.63 bits per heavy atom. The summed E-state index contributed by atoms with van der Waals surface area (Å²) in [6.45, 7) is 6.05. The van der Waals surface area contributed by atoms with Crippen molar-refractivity contribution in [2.75, 3.05) is 36.4 Å². The van der Waals surface area contributed by atoms with Crippen LogP contribution in [0.5, 0.6) is 0 Å². The Hall–Kier alpha value is -3.18. The number of aromatic nitrogens is 1. The molecule has 3 aromatic rings. The highest BCUT2D eigenvalue weighted by Crippen LogP contribution is 2.44. The summed E-state index contributed by atoms with van der Waals surface area (Å²) >= 11 is 0. The van der Waals surface area contributed by atoms with E-state index in [1.807, 2.05) is 31.2 Å². The average molecular weight is 399 g/mol. The molecule has 1 atom stereocenters. The number of carbonyl (C=O) groups excluding carboxylic acids is 1. The van der Waals surface area contributed by atoms with Gasteiger partial charge < -0.3 is 15.5 Å². The maximum absolute atomic E-state index is 13.1. The third-order valence-corrected chi connectivity index (χ3v) is 6.28. The van der Waals surface area contributed by atoms with Gasteiger partial charge in [-0.2, -0.15) is 0 Å². The standard InChI is InChI=1S/C25H26N4O/c1-25(17-18-6-3-2-4-7-18)22-21(10-11-27-23(22)28-24(25)30)19-8-5-9-20(16-19)29-14-12-26-13-15-29/h2-11,16,26H,12-15,17H2,1H3,(H,27,28,30). The van der Waals surface area contributed by atoms with Crippen LogP contribution in [0, 0.1) is 0 Å². The van der Waals surface area contributed by atoms with Crippen molar-refractivity contribution in [1.82, 2.24) is 10.3 Å². The van der Waals surface area contributed by atoms with Gasteiger partial charge in [-0.3, -0.25) is 4.79 Å². The Balaban J connectivity index is 1.58. The Morgan fingerprint density at radius 2 is 1.83 bits per heavy atom. The van der Waals surface area contributed by atoms with Gasteiger partial charge in [0.1, 0.15) is 5.82 Å². The number of hydrogen-bond donors (Lipinski definition) is 2. The van der Waals surface area contributed by atoms with Crippen molar-refractivity contribution in [2.24, 2.45) is 0 Å². The zero-order chi connectivity index (χ0) is 20.6. The first-order valence-electron chi connectivity index (χ1n) is 10.6. The molecule has 5 heteroatoms. The number of pyridine rings is 1. The van der Waals surface area contributed by atoms with E-state index in [1.165, 1.54) is 5.69 Å². The van der Waals surface area contributed by atoms with Crippen LogP contribution in [0.1, 0.15) is 18.1 Å². The predicted octanol–water partition coefficient (Wildman–Crippen LogP) is 3.61. The largest absolute Gasteiger partial charge is 0.369 e. The molecule has 30 heavy (non-hydrogen) atoms. The third kappa shape index (κ3) is 3.25. The smallest absolute Gasteiger partial charge is 0.236 e. The van der Waals surface area contributed by atoms with Gasteiger partial charge >= 0.3 is 0 Å². The monoisotopic (exact) mass is 398 g/mol. The molecule has 2 aliphatic rings. The van der Waals surface area contributed by atoms with Gasteiger partial charge in [0.25, 0.3) is 0 Å². The summed E-state index contributed by atoms with van der Waals surface area (Å²) < 4.78 is 0. The van der Waals surface area contributed by atoms with E-state index in [0.717, 1.165) is 48.4 Å². The summed E-state index contributed by atoms with van der Waals surface area (Å²) in [5, 5.41) is 6.44. The summed E-state index contributed by atoms with van der Waals surface area (Å²) in [5.74, 6) is 0.697. The molecule has 2 aliphatic heterocycles. The number of hydrogen-bond acceptors (Lipinski definition) is 4. The number of rotatable bonds is 4. The van der Waals surface area contributed by atoms with Crippen LogP contribution in [-0.4, -0.2) is 37.1 Å². The lowest BCUT2D eigenvalue weighted by Crippen LogP contribution is -2.43. The van der Waals surface area contributed by atoms with Crippen molar-refractivity contribution in [3.05, 3.63) is 78.0 Å². The first-order chi connectivity index (χ1) is 14.6. The van der Waals surface area contributed by atoms with E-state index in [4.69, 9.17) is 0 Å². The zero-order valence-electron chi connectivity index (χ0n) is 17.2. The Bertz CT molecular complexity index is 1080. The highest BCUT2D eigenvalue weighted by Gasteiger charge is 2.45. The van der Waals surface area contributed by atoms with Crippen molar-refractivity contribution < 1.29 is 4.79 Å². The molecule has 1 unspecified atom stereocenters. The molecule has 0 radical (unpaired) electrons. The fourth-order valence-electron chi connectivity index (χ4n) is 4.68. The second-order valence-electron chi connectivity index (χ2n) is 8.32. The highest BCUT2D eigenvalue weighted by molar-refractivity contribution is 6.07. The van der Waals surface area contributed by atoms with Gasteiger partial charge in [-0.1, -0.05) is 42.5 Å². The minimum Gasteiger partial charge on any atom is -0.369 e. The van der Waals surface area contributed by atoms with Crippen molar-refractivity contribution in [3.63, 3.8) is 0 Å². The van der Waals surface area contributed by atoms with E-state index in [1.54, 1.807) is 6.20 Å². The first kappa shape index (κ1) is 18.8. The fraction of sp³-hybridized carbons (Fsp3) is 0.280. The Morgan fingerprint density at radius 1 is 1.03 bits per heavy atom. The van der Waals surface area contributed by atoms with Gasteiger partial charge in [0.15, 0.2) is 0 Å². The van der Waals surface area contributed by atoms with E-state index < -0.39 is 5.41 Å². The van der Waals surface area contributed by atoms with Crippen LogP contribution in [0.25, 0.3) is 11.1 Å². The molecule has 0 bridgehead atoms. The molecule has 0 spiro atoms. The van der Waals surface area contributed by atoms with Crippen molar-refractivity contribution in [3.8, 4) is 11.1 Å². The molecule has 1 amide bonds. The number of amides is 1. The molecule has 1 aromatic heterocycles. The number of fused-ring (bicyclic) bond motifs is 1. The van der Waals surface area contributed by atoms with Crippen molar-refractivity contribution in [2.45, 2.75) is 18.8 Å². The molecule has 1 fully saturated rings. The van der Waals surface area contributed by atoms with E-state index in [0.29, 0.717) is 12.2 Å². The normalized spacial score (nSPS) is 20.7. The fourth-order valence-corrected chi connectivity index (χ4v) is 4.68. The molecule has 5 rings (SSSR count). The third-order valence-electron chi connectivity index (χ3n) is 6.28. The number of benzene rings is 2. The minimum absolute atomic E-state index is 0.0135. The van der Waals surface area contributed by atoms with Crippen molar-refractivity contribution in [1.29, 1.82) is 0 Å². The average Bonchev–Trinajstić information content (AvgIpc) is 3.05. The van der Waals surface area contributed by atoms with Gasteiger partial charge in [0, 0.05) is 43.6 Å². The maximum atomic E-state index is 13.1. The van der Waals surface area contributed by atoms with Crippen LogP contribution in [0.15, 0.2) is 66.9 Å². The van der Waals surface area contributed by atoms with Gasteiger partial charge in [-0.15, -0.1) is 0 Å². The van der Waals surface area contributed by atoms with Gasteiger partial charge in [-0.25, -0.2) is 4.98 Å². The quantitative estimate of drug-likeness (QED) is 0.705. The lowest BCUT2D eigenvalue weighted by molar-refractivity contribution is -0.120. The van der Waals surface area contributed by atoms with Crippen LogP contribution in [-0.2, 0) is 16.6 Å². The molecular weight excluding hydrogens is 372 g/mol. The molecule has 2 N–H and O–H groups in total. The van der Waals surface area contributed by atoms with Gasteiger partial charge in [0.2, 0.25) is 5.91 Å². The lowest BCUT2D eigenvalue weighted by atomic mass is 9.76. The second-order valence-corrected chi connectivity index (χ2v) is 8.32. The van der Waals surface area contributed by atoms with E-state index in [-0.39, 0.29) is 5.91 Å². The van der Waals surface area contributed by atoms with Crippen LogP contribution in [0.4, 0.5) is 11.5 Å². The van der Waals surface area contributed by atoms with Gasteiger partial charge in [0.05, 0.1) is 5.41 Å². The molecule has 0 saturated carbocycles. The Kier molecular flexibility index (Phi) is 4.75. The van der Waals surface area contributed by atoms with E-state index >= 15 is 0 Å². The molecule has 5 nitrogen and oxygen atoms in total. The molecular formula is C25H26N4O.